The molecule has 0 bridgehead atoms. The normalized spacial score (nSPS) is 10.4. The SMILES string of the molecule is Clc1cc(Nc2ccccc2)nc(NCCNc2nc(Cl)nc(Nc3ccccc3)n2)n1. The first-order valence-electron chi connectivity index (χ1n) is 9.72. The van der Waals surface area contributed by atoms with E-state index in [1.807, 2.05) is 60.7 Å². The molecule has 0 aliphatic rings. The Hall–Kier alpha value is -3.69. The van der Waals surface area contributed by atoms with Gasteiger partial charge in [-0.15, -0.1) is 0 Å². The van der Waals surface area contributed by atoms with Gasteiger partial charge in [-0.2, -0.15) is 19.9 Å². The minimum absolute atomic E-state index is 0.0868. The zero-order chi connectivity index (χ0) is 22.2. The fourth-order valence-corrected chi connectivity index (χ4v) is 3.06. The third-order valence-corrected chi connectivity index (χ3v) is 4.43. The zero-order valence-electron chi connectivity index (χ0n) is 16.8. The third kappa shape index (κ3) is 6.40. The second-order valence-electron chi connectivity index (χ2n) is 6.49. The Morgan fingerprint density at radius 3 is 1.81 bits per heavy atom. The summed E-state index contributed by atoms with van der Waals surface area (Å²) in [5.74, 6) is 1.69. The van der Waals surface area contributed by atoms with Crippen LogP contribution in [0.3, 0.4) is 0 Å². The molecule has 11 heteroatoms. The van der Waals surface area contributed by atoms with Crippen molar-refractivity contribution < 1.29 is 0 Å². The molecular formula is C21H19Cl2N9. The summed E-state index contributed by atoms with van der Waals surface area (Å²) in [6.45, 7) is 0.984. The van der Waals surface area contributed by atoms with Gasteiger partial charge in [0.25, 0.3) is 0 Å². The number of halogens is 2. The number of nitrogens with one attached hydrogen (secondary N) is 4. The van der Waals surface area contributed by atoms with Gasteiger partial charge in [0, 0.05) is 30.5 Å². The van der Waals surface area contributed by atoms with Gasteiger partial charge in [0.05, 0.1) is 0 Å². The number of aromatic nitrogens is 5. The van der Waals surface area contributed by atoms with Gasteiger partial charge in [-0.25, -0.2) is 4.98 Å². The smallest absolute Gasteiger partial charge is 0.233 e. The van der Waals surface area contributed by atoms with E-state index in [2.05, 4.69) is 46.2 Å². The molecule has 2 aromatic carbocycles. The van der Waals surface area contributed by atoms with E-state index in [-0.39, 0.29) is 5.28 Å². The Labute approximate surface area is 194 Å². The summed E-state index contributed by atoms with van der Waals surface area (Å²) in [6.07, 6.45) is 0. The van der Waals surface area contributed by atoms with Gasteiger partial charge in [0.1, 0.15) is 11.0 Å². The lowest BCUT2D eigenvalue weighted by Gasteiger charge is -2.10. The van der Waals surface area contributed by atoms with E-state index < -0.39 is 0 Å². The third-order valence-electron chi connectivity index (χ3n) is 4.07. The van der Waals surface area contributed by atoms with Crippen molar-refractivity contribution in [2.24, 2.45) is 0 Å². The van der Waals surface area contributed by atoms with Gasteiger partial charge < -0.3 is 21.3 Å². The van der Waals surface area contributed by atoms with Crippen molar-refractivity contribution in [2.75, 3.05) is 34.4 Å². The summed E-state index contributed by atoms with van der Waals surface area (Å²) in [5, 5.41) is 12.9. The molecule has 9 nitrogen and oxygen atoms in total. The Balaban J connectivity index is 1.32. The van der Waals surface area contributed by atoms with Crippen molar-refractivity contribution in [3.63, 3.8) is 0 Å². The van der Waals surface area contributed by atoms with Gasteiger partial charge in [-0.05, 0) is 35.9 Å². The Kier molecular flexibility index (Phi) is 7.11. The van der Waals surface area contributed by atoms with Crippen LogP contribution in [0.4, 0.5) is 35.0 Å². The first-order valence-corrected chi connectivity index (χ1v) is 10.5. The topological polar surface area (TPSA) is 113 Å². The van der Waals surface area contributed by atoms with Crippen LogP contribution in [-0.2, 0) is 0 Å². The highest BCUT2D eigenvalue weighted by Gasteiger charge is 2.06. The highest BCUT2D eigenvalue weighted by molar-refractivity contribution is 6.29. The van der Waals surface area contributed by atoms with E-state index in [4.69, 9.17) is 23.2 Å². The quantitative estimate of drug-likeness (QED) is 0.200. The second-order valence-corrected chi connectivity index (χ2v) is 7.21. The lowest BCUT2D eigenvalue weighted by molar-refractivity contribution is 0.979. The molecule has 2 aromatic heterocycles. The molecule has 0 aliphatic carbocycles. The zero-order valence-corrected chi connectivity index (χ0v) is 18.3. The van der Waals surface area contributed by atoms with E-state index in [0.29, 0.717) is 41.9 Å². The highest BCUT2D eigenvalue weighted by Crippen LogP contribution is 2.19. The van der Waals surface area contributed by atoms with Crippen LogP contribution in [0.5, 0.6) is 0 Å². The summed E-state index contributed by atoms with van der Waals surface area (Å²) in [4.78, 5) is 21.1. The maximum absolute atomic E-state index is 6.13. The molecule has 0 saturated heterocycles. The largest absolute Gasteiger partial charge is 0.352 e. The predicted molar refractivity (Wildman–Crippen MR) is 128 cm³/mol. The van der Waals surface area contributed by atoms with Crippen LogP contribution in [0.1, 0.15) is 0 Å². The van der Waals surface area contributed by atoms with Crippen LogP contribution in [0.15, 0.2) is 66.7 Å². The van der Waals surface area contributed by atoms with Crippen LogP contribution in [0.2, 0.25) is 10.4 Å². The predicted octanol–water partition coefficient (Wildman–Crippen LogP) is 4.98. The molecule has 162 valence electrons. The Morgan fingerprint density at radius 2 is 1.16 bits per heavy atom. The molecular weight excluding hydrogens is 449 g/mol. The summed E-state index contributed by atoms with van der Waals surface area (Å²) in [7, 11) is 0. The maximum Gasteiger partial charge on any atom is 0.233 e. The van der Waals surface area contributed by atoms with Gasteiger partial charge in [0.2, 0.25) is 23.1 Å². The summed E-state index contributed by atoms with van der Waals surface area (Å²) in [5.41, 5.74) is 1.75. The van der Waals surface area contributed by atoms with Crippen molar-refractivity contribution in [3.8, 4) is 0 Å². The van der Waals surface area contributed by atoms with Crippen molar-refractivity contribution in [3.05, 3.63) is 77.2 Å². The van der Waals surface area contributed by atoms with Crippen LogP contribution >= 0.6 is 23.2 Å². The number of rotatable bonds is 9. The molecule has 4 N–H and O–H groups in total. The number of para-hydroxylation sites is 2. The number of anilines is 6. The molecule has 4 rings (SSSR count). The van der Waals surface area contributed by atoms with Crippen molar-refractivity contribution in [2.45, 2.75) is 0 Å². The number of nitrogens with zero attached hydrogens (tertiary/aromatic N) is 5. The Morgan fingerprint density at radius 1 is 0.594 bits per heavy atom. The first kappa shape index (κ1) is 21.5. The van der Waals surface area contributed by atoms with Crippen LogP contribution in [0.25, 0.3) is 0 Å². The van der Waals surface area contributed by atoms with Gasteiger partial charge >= 0.3 is 0 Å². The van der Waals surface area contributed by atoms with Crippen molar-refractivity contribution >= 4 is 58.2 Å². The molecule has 0 spiro atoms. The van der Waals surface area contributed by atoms with Crippen molar-refractivity contribution in [1.82, 2.24) is 24.9 Å². The average Bonchev–Trinajstić information content (AvgIpc) is 2.77. The van der Waals surface area contributed by atoms with Crippen LogP contribution < -0.4 is 21.3 Å². The second kappa shape index (κ2) is 10.6. The molecule has 0 fully saturated rings. The van der Waals surface area contributed by atoms with Crippen molar-refractivity contribution in [1.29, 1.82) is 0 Å². The minimum Gasteiger partial charge on any atom is -0.352 e. The molecule has 4 aromatic rings. The average molecular weight is 468 g/mol. The number of hydrogen-bond donors (Lipinski definition) is 4. The van der Waals surface area contributed by atoms with Gasteiger partial charge in [0.15, 0.2) is 0 Å². The lowest BCUT2D eigenvalue weighted by atomic mass is 10.3. The summed E-state index contributed by atoms with van der Waals surface area (Å²) >= 11 is 12.2. The molecule has 0 unspecified atom stereocenters. The molecule has 0 atom stereocenters. The van der Waals surface area contributed by atoms with Gasteiger partial charge in [-0.3, -0.25) is 0 Å². The van der Waals surface area contributed by atoms with E-state index in [9.17, 15) is 0 Å². The minimum atomic E-state index is 0.0868. The molecule has 32 heavy (non-hydrogen) atoms. The summed E-state index contributed by atoms with van der Waals surface area (Å²) < 4.78 is 0. The van der Waals surface area contributed by atoms with Gasteiger partial charge in [-0.1, -0.05) is 48.0 Å². The monoisotopic (exact) mass is 467 g/mol. The fourth-order valence-electron chi connectivity index (χ4n) is 2.71. The van der Waals surface area contributed by atoms with E-state index >= 15 is 0 Å². The van der Waals surface area contributed by atoms with E-state index in [1.165, 1.54) is 0 Å². The number of benzene rings is 2. The molecule has 0 saturated carbocycles. The molecule has 0 radical (unpaired) electrons. The summed E-state index contributed by atoms with van der Waals surface area (Å²) in [6, 6.07) is 20.9. The van der Waals surface area contributed by atoms with E-state index in [1.54, 1.807) is 6.07 Å². The number of hydrogen-bond acceptors (Lipinski definition) is 9. The lowest BCUT2D eigenvalue weighted by Crippen LogP contribution is -2.17. The highest BCUT2D eigenvalue weighted by atomic mass is 35.5. The molecule has 2 heterocycles. The van der Waals surface area contributed by atoms with Crippen LogP contribution in [-0.4, -0.2) is 38.0 Å². The maximum atomic E-state index is 6.13. The van der Waals surface area contributed by atoms with E-state index in [0.717, 1.165) is 11.4 Å². The molecule has 0 aliphatic heterocycles. The fraction of sp³-hybridized carbons (Fsp3) is 0.0952. The Bertz CT molecular complexity index is 1070. The molecule has 0 amide bonds. The standard InChI is InChI=1S/C21H19Cl2N9/c22-16-13-17(26-14-7-3-1-4-8-14)29-19(28-16)24-11-12-25-20-30-18(23)31-21(32-20)27-15-9-5-2-6-10-15/h1-10,13H,11-12H2,(H2,24,26,28,29)(H2,25,27,30,31,32). The van der Waals surface area contributed by atoms with Crippen LogP contribution in [0, 0.1) is 0 Å². The first-order chi connectivity index (χ1) is 15.6.